The third-order valence-electron chi connectivity index (χ3n) is 3.87. The molecule has 0 bridgehead atoms. The number of nitrogens with zero attached hydrogens (tertiary/aromatic N) is 2. The van der Waals surface area contributed by atoms with Crippen LogP contribution in [0.4, 0.5) is 0 Å². The van der Waals surface area contributed by atoms with E-state index in [0.717, 1.165) is 49.6 Å². The van der Waals surface area contributed by atoms with Crippen molar-refractivity contribution in [1.29, 1.82) is 0 Å². The highest BCUT2D eigenvalue weighted by molar-refractivity contribution is 5.29. The van der Waals surface area contributed by atoms with E-state index in [2.05, 4.69) is 25.8 Å². The highest BCUT2D eigenvalue weighted by Gasteiger charge is 2.37. The van der Waals surface area contributed by atoms with Gasteiger partial charge in [0.15, 0.2) is 0 Å². The summed E-state index contributed by atoms with van der Waals surface area (Å²) in [5.41, 5.74) is 2.03. The summed E-state index contributed by atoms with van der Waals surface area (Å²) < 4.78 is 0. The highest BCUT2D eigenvalue weighted by atomic mass is 16.6. The monoisotopic (exact) mass is 252 g/mol. The normalized spacial score (nSPS) is 21.0. The molecule has 0 radical (unpaired) electrons. The van der Waals surface area contributed by atoms with Crippen LogP contribution in [0.1, 0.15) is 52.9 Å². The second-order valence-electron chi connectivity index (χ2n) is 5.24. The van der Waals surface area contributed by atoms with Gasteiger partial charge in [-0.25, -0.2) is 0 Å². The van der Waals surface area contributed by atoms with Crippen molar-refractivity contribution in [2.45, 2.75) is 58.4 Å². The Bertz CT molecular complexity index is 366. The van der Waals surface area contributed by atoms with E-state index in [4.69, 9.17) is 0 Å². The molecule has 0 aromatic rings. The number of allylic oxidation sites excluding steroid dienone is 2. The Kier molecular flexibility index (Phi) is 4.93. The smallest absolute Gasteiger partial charge is 0.237 e. The van der Waals surface area contributed by atoms with Crippen molar-refractivity contribution in [2.24, 2.45) is 0 Å². The molecular weight excluding hydrogens is 228 g/mol. The molecule has 1 rings (SSSR count). The first-order valence-electron chi connectivity index (χ1n) is 6.71. The first-order chi connectivity index (χ1) is 8.45. The van der Waals surface area contributed by atoms with Gasteiger partial charge in [-0.05, 0) is 25.8 Å². The Morgan fingerprint density at radius 2 is 2.00 bits per heavy atom. The summed E-state index contributed by atoms with van der Waals surface area (Å²) in [7, 11) is 2.11. The molecular formula is C14H24N2O2. The molecule has 18 heavy (non-hydrogen) atoms. The van der Waals surface area contributed by atoms with Crippen molar-refractivity contribution in [3.05, 3.63) is 33.7 Å². The van der Waals surface area contributed by atoms with Gasteiger partial charge in [-0.15, -0.1) is 0 Å². The topological polar surface area (TPSA) is 46.4 Å². The lowest BCUT2D eigenvalue weighted by Gasteiger charge is -2.47. The maximum Gasteiger partial charge on any atom is 0.237 e. The van der Waals surface area contributed by atoms with Crippen molar-refractivity contribution >= 4 is 0 Å². The van der Waals surface area contributed by atoms with Gasteiger partial charge in [-0.1, -0.05) is 26.7 Å². The Morgan fingerprint density at radius 1 is 1.44 bits per heavy atom. The summed E-state index contributed by atoms with van der Waals surface area (Å²) in [6.45, 7) is 6.39. The van der Waals surface area contributed by atoms with Crippen LogP contribution in [0.5, 0.6) is 0 Å². The van der Waals surface area contributed by atoms with Crippen molar-refractivity contribution < 1.29 is 4.92 Å². The van der Waals surface area contributed by atoms with Crippen molar-refractivity contribution in [3.8, 4) is 0 Å². The zero-order valence-corrected chi connectivity index (χ0v) is 11.9. The van der Waals surface area contributed by atoms with E-state index < -0.39 is 0 Å². The molecule has 0 atom stereocenters. The first kappa shape index (κ1) is 14.7. The van der Waals surface area contributed by atoms with Crippen LogP contribution in [-0.4, -0.2) is 22.4 Å². The minimum atomic E-state index is -0.340. The molecule has 0 aromatic carbocycles. The lowest BCUT2D eigenvalue weighted by molar-refractivity contribution is -0.403. The number of nitro groups is 1. The second kappa shape index (κ2) is 6.03. The van der Waals surface area contributed by atoms with Gasteiger partial charge in [0.1, 0.15) is 0 Å². The third-order valence-corrected chi connectivity index (χ3v) is 3.87. The summed E-state index contributed by atoms with van der Waals surface area (Å²) in [4.78, 5) is 12.6. The van der Waals surface area contributed by atoms with Gasteiger partial charge in [-0.2, -0.15) is 0 Å². The van der Waals surface area contributed by atoms with E-state index in [1.54, 1.807) is 0 Å². The molecule has 0 saturated carbocycles. The molecule has 0 aliphatic carbocycles. The zero-order valence-electron chi connectivity index (χ0n) is 11.9. The van der Waals surface area contributed by atoms with Gasteiger partial charge in [0.25, 0.3) is 0 Å². The average molecular weight is 252 g/mol. The van der Waals surface area contributed by atoms with Crippen molar-refractivity contribution in [1.82, 2.24) is 4.90 Å². The van der Waals surface area contributed by atoms with Crippen LogP contribution in [0.25, 0.3) is 0 Å². The van der Waals surface area contributed by atoms with Crippen LogP contribution in [0.15, 0.2) is 23.5 Å². The fourth-order valence-corrected chi connectivity index (χ4v) is 3.08. The van der Waals surface area contributed by atoms with Gasteiger partial charge in [-0.3, -0.25) is 10.1 Å². The summed E-state index contributed by atoms with van der Waals surface area (Å²) in [5, 5.41) is 10.7. The van der Waals surface area contributed by atoms with Crippen LogP contribution in [0, 0.1) is 10.1 Å². The van der Waals surface area contributed by atoms with E-state index in [9.17, 15) is 10.1 Å². The Balaban J connectivity index is 3.11. The maximum absolute atomic E-state index is 10.7. The molecule has 4 nitrogen and oxygen atoms in total. The molecule has 102 valence electrons. The number of hydrogen-bond acceptors (Lipinski definition) is 3. The van der Waals surface area contributed by atoms with Crippen LogP contribution >= 0.6 is 0 Å². The largest absolute Gasteiger partial charge is 0.372 e. The lowest BCUT2D eigenvalue weighted by atomic mass is 9.78. The average Bonchev–Trinajstić information content (AvgIpc) is 2.25. The summed E-state index contributed by atoms with van der Waals surface area (Å²) >= 11 is 0. The SMILES string of the molecule is CCCC1(CCC)CC(=C[N+](=O)[O-])C=C(C)N1C. The zero-order chi connectivity index (χ0) is 13.8. The van der Waals surface area contributed by atoms with E-state index >= 15 is 0 Å². The summed E-state index contributed by atoms with van der Waals surface area (Å²) in [6.07, 6.45) is 8.24. The van der Waals surface area contributed by atoms with Crippen LogP contribution in [0.3, 0.4) is 0 Å². The van der Waals surface area contributed by atoms with E-state index in [-0.39, 0.29) is 10.5 Å². The molecule has 4 heteroatoms. The molecule has 0 saturated heterocycles. The van der Waals surface area contributed by atoms with Gasteiger partial charge >= 0.3 is 0 Å². The summed E-state index contributed by atoms with van der Waals surface area (Å²) in [6, 6.07) is 0. The Labute approximate surface area is 110 Å². The predicted octanol–water partition coefficient (Wildman–Crippen LogP) is 3.73. The second-order valence-corrected chi connectivity index (χ2v) is 5.24. The molecule has 1 heterocycles. The molecule has 0 N–H and O–H groups in total. The number of rotatable bonds is 5. The predicted molar refractivity (Wildman–Crippen MR) is 73.8 cm³/mol. The highest BCUT2D eigenvalue weighted by Crippen LogP contribution is 2.39. The molecule has 0 amide bonds. The van der Waals surface area contributed by atoms with E-state index in [1.807, 2.05) is 13.0 Å². The molecule has 0 spiro atoms. The lowest BCUT2D eigenvalue weighted by Crippen LogP contribution is -2.47. The van der Waals surface area contributed by atoms with E-state index in [0.29, 0.717) is 0 Å². The molecule has 1 aliphatic heterocycles. The molecule has 1 aliphatic rings. The molecule has 0 unspecified atom stereocenters. The van der Waals surface area contributed by atoms with Crippen LogP contribution in [-0.2, 0) is 0 Å². The minimum Gasteiger partial charge on any atom is -0.372 e. The van der Waals surface area contributed by atoms with Gasteiger partial charge in [0.2, 0.25) is 6.20 Å². The summed E-state index contributed by atoms with van der Waals surface area (Å²) in [5.74, 6) is 0. The third kappa shape index (κ3) is 3.12. The van der Waals surface area contributed by atoms with Crippen LogP contribution in [0.2, 0.25) is 0 Å². The standard InChI is InChI=1S/C14H24N2O2/c1-5-7-14(8-6-2)10-13(11-16(17)18)9-12(3)15(14)4/h9,11H,5-8,10H2,1-4H3. The quantitative estimate of drug-likeness (QED) is 0.553. The Morgan fingerprint density at radius 3 is 2.44 bits per heavy atom. The van der Waals surface area contributed by atoms with Crippen LogP contribution < -0.4 is 0 Å². The van der Waals surface area contributed by atoms with Gasteiger partial charge in [0.05, 0.1) is 4.92 Å². The van der Waals surface area contributed by atoms with Gasteiger partial charge < -0.3 is 4.90 Å². The molecule has 0 aromatic heterocycles. The fourth-order valence-electron chi connectivity index (χ4n) is 3.08. The number of hydrogen-bond donors (Lipinski definition) is 0. The van der Waals surface area contributed by atoms with Gasteiger partial charge in [0, 0.05) is 30.3 Å². The molecule has 0 fully saturated rings. The van der Waals surface area contributed by atoms with Crippen molar-refractivity contribution in [2.75, 3.05) is 7.05 Å². The first-order valence-corrected chi connectivity index (χ1v) is 6.71. The minimum absolute atomic E-state index is 0.0597. The fraction of sp³-hybridized carbons (Fsp3) is 0.714. The van der Waals surface area contributed by atoms with Crippen molar-refractivity contribution in [3.63, 3.8) is 0 Å². The maximum atomic E-state index is 10.7. The Hall–Kier alpha value is -1.32. The van der Waals surface area contributed by atoms with E-state index in [1.165, 1.54) is 0 Å².